The molecule has 13 heavy (non-hydrogen) atoms. The highest BCUT2D eigenvalue weighted by molar-refractivity contribution is 4.91. The first-order valence-electron chi connectivity index (χ1n) is 5.49. The van der Waals surface area contributed by atoms with Gasteiger partial charge in [0, 0.05) is 0 Å². The Morgan fingerprint density at radius 3 is 2.62 bits per heavy atom. The van der Waals surface area contributed by atoms with E-state index in [1.807, 2.05) is 0 Å². The highest BCUT2D eigenvalue weighted by Gasteiger charge is 2.17. The molecular formula is C11H20N2. The Hall–Kier alpha value is -0.550. The maximum atomic E-state index is 8.88. The number of nitrogens with one attached hydrogen (secondary N) is 1. The van der Waals surface area contributed by atoms with E-state index in [0.717, 1.165) is 18.9 Å². The van der Waals surface area contributed by atoms with Crippen molar-refractivity contribution in [1.82, 2.24) is 5.32 Å². The van der Waals surface area contributed by atoms with Crippen LogP contribution in [-0.4, -0.2) is 12.6 Å². The lowest BCUT2D eigenvalue weighted by atomic mass is 9.85. The molecule has 0 bridgehead atoms. The lowest BCUT2D eigenvalue weighted by Gasteiger charge is -2.23. The highest BCUT2D eigenvalue weighted by Crippen LogP contribution is 2.27. The van der Waals surface area contributed by atoms with E-state index in [1.165, 1.54) is 32.1 Å². The molecule has 1 rings (SSSR count). The molecule has 74 valence electrons. The Morgan fingerprint density at radius 1 is 1.38 bits per heavy atom. The van der Waals surface area contributed by atoms with Crippen LogP contribution in [0.15, 0.2) is 0 Å². The van der Waals surface area contributed by atoms with E-state index in [4.69, 9.17) is 5.26 Å². The molecule has 1 saturated carbocycles. The van der Waals surface area contributed by atoms with E-state index in [1.54, 1.807) is 0 Å². The van der Waals surface area contributed by atoms with Crippen LogP contribution < -0.4 is 5.32 Å². The first-order valence-corrected chi connectivity index (χ1v) is 5.49. The first-order chi connectivity index (χ1) is 6.36. The van der Waals surface area contributed by atoms with Gasteiger partial charge in [-0.2, -0.15) is 5.26 Å². The fraction of sp³-hybridized carbons (Fsp3) is 0.909. The van der Waals surface area contributed by atoms with E-state index < -0.39 is 0 Å². The summed E-state index contributed by atoms with van der Waals surface area (Å²) in [5.74, 6) is 0.803. The van der Waals surface area contributed by atoms with E-state index in [2.05, 4.69) is 18.3 Å². The molecule has 0 aromatic rings. The van der Waals surface area contributed by atoms with E-state index in [9.17, 15) is 0 Å². The molecule has 1 aliphatic carbocycles. The number of nitrogens with zero attached hydrogens (tertiary/aromatic N) is 1. The summed E-state index contributed by atoms with van der Waals surface area (Å²) in [6.45, 7) is 2.97. The fourth-order valence-corrected chi connectivity index (χ4v) is 2.18. The Morgan fingerprint density at radius 2 is 2.08 bits per heavy atom. The van der Waals surface area contributed by atoms with Crippen molar-refractivity contribution in [1.29, 1.82) is 5.26 Å². The largest absolute Gasteiger partial charge is 0.302 e. The van der Waals surface area contributed by atoms with Gasteiger partial charge in [-0.25, -0.2) is 0 Å². The van der Waals surface area contributed by atoms with Crippen LogP contribution >= 0.6 is 0 Å². The monoisotopic (exact) mass is 180 g/mol. The normalized spacial score (nSPS) is 20.9. The van der Waals surface area contributed by atoms with Gasteiger partial charge in [0.05, 0.1) is 12.1 Å². The second kappa shape index (κ2) is 5.99. The number of hydrogen-bond acceptors (Lipinski definition) is 2. The average Bonchev–Trinajstić information content (AvgIpc) is 2.19. The van der Waals surface area contributed by atoms with Crippen LogP contribution in [0.25, 0.3) is 0 Å². The summed E-state index contributed by atoms with van der Waals surface area (Å²) in [4.78, 5) is 0. The SMILES string of the molecule is CCNC(C#N)CC1CCCCC1. The van der Waals surface area contributed by atoms with E-state index in [0.29, 0.717) is 0 Å². The lowest BCUT2D eigenvalue weighted by molar-refractivity contribution is 0.318. The van der Waals surface area contributed by atoms with E-state index in [-0.39, 0.29) is 6.04 Å². The molecule has 1 N–H and O–H groups in total. The van der Waals surface area contributed by atoms with Crippen LogP contribution in [0.1, 0.15) is 45.4 Å². The maximum Gasteiger partial charge on any atom is 0.0955 e. The van der Waals surface area contributed by atoms with Gasteiger partial charge in [-0.05, 0) is 18.9 Å². The number of hydrogen-bond donors (Lipinski definition) is 1. The van der Waals surface area contributed by atoms with Crippen LogP contribution in [0, 0.1) is 17.2 Å². The third-order valence-corrected chi connectivity index (χ3v) is 2.90. The third kappa shape index (κ3) is 3.78. The molecule has 1 unspecified atom stereocenters. The topological polar surface area (TPSA) is 35.8 Å². The molecule has 0 heterocycles. The minimum atomic E-state index is 0.0908. The second-order valence-corrected chi connectivity index (χ2v) is 3.98. The molecule has 0 amide bonds. The first kappa shape index (κ1) is 10.5. The van der Waals surface area contributed by atoms with Crippen molar-refractivity contribution in [2.45, 2.75) is 51.5 Å². The molecule has 0 saturated heterocycles. The molecular weight excluding hydrogens is 160 g/mol. The maximum absolute atomic E-state index is 8.88. The molecule has 2 heteroatoms. The zero-order valence-electron chi connectivity index (χ0n) is 8.55. The van der Waals surface area contributed by atoms with Crippen molar-refractivity contribution in [3.63, 3.8) is 0 Å². The predicted molar refractivity (Wildman–Crippen MR) is 54.3 cm³/mol. The summed E-state index contributed by atoms with van der Waals surface area (Å²) < 4.78 is 0. The Bertz CT molecular complexity index is 165. The Balaban J connectivity index is 2.24. The highest BCUT2D eigenvalue weighted by atomic mass is 14.9. The number of nitriles is 1. The Kier molecular flexibility index (Phi) is 4.85. The molecule has 0 aromatic heterocycles. The summed E-state index contributed by atoms with van der Waals surface area (Å²) in [6, 6.07) is 2.43. The second-order valence-electron chi connectivity index (χ2n) is 3.98. The van der Waals surface area contributed by atoms with Gasteiger partial charge >= 0.3 is 0 Å². The molecule has 2 nitrogen and oxygen atoms in total. The third-order valence-electron chi connectivity index (χ3n) is 2.90. The van der Waals surface area contributed by atoms with E-state index >= 15 is 0 Å². The van der Waals surface area contributed by atoms with Gasteiger partial charge in [-0.3, -0.25) is 0 Å². The van der Waals surface area contributed by atoms with Gasteiger partial charge in [0.2, 0.25) is 0 Å². The van der Waals surface area contributed by atoms with Gasteiger partial charge in [0.15, 0.2) is 0 Å². The van der Waals surface area contributed by atoms with Crippen LogP contribution in [0.2, 0.25) is 0 Å². The summed E-state index contributed by atoms with van der Waals surface area (Å²) in [7, 11) is 0. The summed E-state index contributed by atoms with van der Waals surface area (Å²) in [5.41, 5.74) is 0. The molecule has 0 aromatic carbocycles. The molecule has 0 radical (unpaired) electrons. The molecule has 1 fully saturated rings. The molecule has 0 spiro atoms. The number of rotatable bonds is 4. The molecule has 1 aliphatic rings. The smallest absolute Gasteiger partial charge is 0.0955 e. The molecule has 1 atom stereocenters. The molecule has 0 aliphatic heterocycles. The zero-order chi connectivity index (χ0) is 9.52. The van der Waals surface area contributed by atoms with Crippen LogP contribution in [0.5, 0.6) is 0 Å². The summed E-state index contributed by atoms with van der Waals surface area (Å²) in [5, 5.41) is 12.1. The van der Waals surface area contributed by atoms with Crippen molar-refractivity contribution in [2.24, 2.45) is 5.92 Å². The van der Waals surface area contributed by atoms with Gasteiger partial charge in [0.25, 0.3) is 0 Å². The van der Waals surface area contributed by atoms with Crippen LogP contribution in [-0.2, 0) is 0 Å². The van der Waals surface area contributed by atoms with Crippen molar-refractivity contribution in [2.75, 3.05) is 6.54 Å². The van der Waals surface area contributed by atoms with Gasteiger partial charge in [-0.15, -0.1) is 0 Å². The van der Waals surface area contributed by atoms with Gasteiger partial charge < -0.3 is 5.32 Å². The lowest BCUT2D eigenvalue weighted by Crippen LogP contribution is -2.30. The predicted octanol–water partition coefficient (Wildman–Crippen LogP) is 2.46. The minimum absolute atomic E-state index is 0.0908. The minimum Gasteiger partial charge on any atom is -0.302 e. The zero-order valence-corrected chi connectivity index (χ0v) is 8.55. The summed E-state index contributed by atoms with van der Waals surface area (Å²) in [6.07, 6.45) is 7.87. The van der Waals surface area contributed by atoms with Crippen LogP contribution in [0.4, 0.5) is 0 Å². The van der Waals surface area contributed by atoms with Crippen molar-refractivity contribution in [3.8, 4) is 6.07 Å². The van der Waals surface area contributed by atoms with Crippen molar-refractivity contribution >= 4 is 0 Å². The average molecular weight is 180 g/mol. The van der Waals surface area contributed by atoms with Gasteiger partial charge in [-0.1, -0.05) is 39.0 Å². The van der Waals surface area contributed by atoms with Crippen molar-refractivity contribution in [3.05, 3.63) is 0 Å². The standard InChI is InChI=1S/C11H20N2/c1-2-13-11(9-12)8-10-6-4-3-5-7-10/h10-11,13H,2-8H2,1H3. The van der Waals surface area contributed by atoms with Gasteiger partial charge in [0.1, 0.15) is 0 Å². The Labute approximate surface area is 81.3 Å². The quantitative estimate of drug-likeness (QED) is 0.721. The summed E-state index contributed by atoms with van der Waals surface area (Å²) >= 11 is 0. The fourth-order valence-electron chi connectivity index (χ4n) is 2.18. The van der Waals surface area contributed by atoms with Crippen LogP contribution in [0.3, 0.4) is 0 Å². The van der Waals surface area contributed by atoms with Crippen molar-refractivity contribution < 1.29 is 0 Å².